The number of carbonyl (C=O) groups excluding carboxylic acids is 1. The van der Waals surface area contributed by atoms with E-state index in [1.54, 1.807) is 6.26 Å². The van der Waals surface area contributed by atoms with Crippen molar-refractivity contribution < 1.29 is 9.21 Å². The van der Waals surface area contributed by atoms with Crippen molar-refractivity contribution in [3.8, 4) is 11.1 Å². The van der Waals surface area contributed by atoms with Gasteiger partial charge in [0.05, 0.1) is 12.0 Å². The largest absolute Gasteiger partial charge is 0.459 e. The van der Waals surface area contributed by atoms with Crippen molar-refractivity contribution >= 4 is 5.91 Å². The molecule has 1 amide bonds. The number of nitrogens with one attached hydrogen (secondary N) is 1. The van der Waals surface area contributed by atoms with Gasteiger partial charge in [0, 0.05) is 24.3 Å². The number of hydrogen-bond donors (Lipinski definition) is 1. The molecular formula is C19H21N3O2. The Hall–Kier alpha value is -2.82. The van der Waals surface area contributed by atoms with Crippen LogP contribution in [0.4, 0.5) is 0 Å². The van der Waals surface area contributed by atoms with Gasteiger partial charge in [-0.2, -0.15) is 5.10 Å². The van der Waals surface area contributed by atoms with Gasteiger partial charge in [0.2, 0.25) is 0 Å². The highest BCUT2D eigenvalue weighted by molar-refractivity contribution is 5.98. The van der Waals surface area contributed by atoms with Gasteiger partial charge in [-0.25, -0.2) is 0 Å². The van der Waals surface area contributed by atoms with Crippen LogP contribution in [0.1, 0.15) is 28.4 Å². The Balaban J connectivity index is 1.56. The van der Waals surface area contributed by atoms with E-state index in [9.17, 15) is 4.79 Å². The Morgan fingerprint density at radius 3 is 2.71 bits per heavy atom. The maximum Gasteiger partial charge on any atom is 0.287 e. The fourth-order valence-corrected chi connectivity index (χ4v) is 2.74. The molecule has 2 heterocycles. The molecule has 2 aromatic heterocycles. The molecule has 0 fully saturated rings. The Labute approximate surface area is 141 Å². The first-order valence-electron chi connectivity index (χ1n) is 8.07. The summed E-state index contributed by atoms with van der Waals surface area (Å²) < 4.78 is 7.35. The van der Waals surface area contributed by atoms with Crippen LogP contribution >= 0.6 is 0 Å². The van der Waals surface area contributed by atoms with Gasteiger partial charge in [-0.05, 0) is 38.0 Å². The molecule has 3 aromatic rings. The van der Waals surface area contributed by atoms with Crippen LogP contribution in [0.15, 0.2) is 53.1 Å². The van der Waals surface area contributed by atoms with Crippen LogP contribution in [0, 0.1) is 13.8 Å². The minimum Gasteiger partial charge on any atom is -0.459 e. The average molecular weight is 323 g/mol. The molecule has 5 heteroatoms. The third-order valence-corrected chi connectivity index (χ3v) is 3.89. The first-order valence-corrected chi connectivity index (χ1v) is 8.07. The quantitative estimate of drug-likeness (QED) is 0.705. The van der Waals surface area contributed by atoms with E-state index in [0.717, 1.165) is 35.5 Å². The number of aromatic nitrogens is 2. The van der Waals surface area contributed by atoms with Crippen LogP contribution in [0.5, 0.6) is 0 Å². The molecule has 0 saturated carbocycles. The molecule has 0 atom stereocenters. The van der Waals surface area contributed by atoms with E-state index in [-0.39, 0.29) is 5.91 Å². The Bertz CT molecular complexity index is 818. The summed E-state index contributed by atoms with van der Waals surface area (Å²) in [6.07, 6.45) is 2.36. The molecule has 5 nitrogen and oxygen atoms in total. The summed E-state index contributed by atoms with van der Waals surface area (Å²) in [6.45, 7) is 5.37. The summed E-state index contributed by atoms with van der Waals surface area (Å²) >= 11 is 0. The molecule has 0 aliphatic heterocycles. The Morgan fingerprint density at radius 1 is 1.21 bits per heavy atom. The van der Waals surface area contributed by atoms with Crippen molar-refractivity contribution in [2.75, 3.05) is 6.54 Å². The van der Waals surface area contributed by atoms with Crippen molar-refractivity contribution in [1.82, 2.24) is 15.1 Å². The fraction of sp³-hybridized carbons (Fsp3) is 0.263. The van der Waals surface area contributed by atoms with E-state index in [4.69, 9.17) is 4.42 Å². The molecule has 1 N–H and O–H groups in total. The highest BCUT2D eigenvalue weighted by Crippen LogP contribution is 2.24. The van der Waals surface area contributed by atoms with Gasteiger partial charge in [0.15, 0.2) is 5.76 Å². The zero-order valence-electron chi connectivity index (χ0n) is 14.0. The van der Waals surface area contributed by atoms with Gasteiger partial charge in [-0.3, -0.25) is 9.48 Å². The van der Waals surface area contributed by atoms with Crippen molar-refractivity contribution in [2.45, 2.75) is 26.8 Å². The van der Waals surface area contributed by atoms with E-state index in [1.807, 2.05) is 61.0 Å². The van der Waals surface area contributed by atoms with Crippen LogP contribution in [-0.4, -0.2) is 22.2 Å². The normalized spacial score (nSPS) is 10.8. The second kappa shape index (κ2) is 7.17. The van der Waals surface area contributed by atoms with E-state index in [1.165, 1.54) is 0 Å². The van der Waals surface area contributed by atoms with Gasteiger partial charge in [-0.1, -0.05) is 30.3 Å². The molecule has 124 valence electrons. The van der Waals surface area contributed by atoms with Gasteiger partial charge in [-0.15, -0.1) is 0 Å². The SMILES string of the molecule is Cc1cc(C)n(CCCNC(=O)c2occc2-c2ccccc2)n1. The predicted octanol–water partition coefficient (Wildman–Crippen LogP) is 3.58. The van der Waals surface area contributed by atoms with Crippen LogP contribution in [0.2, 0.25) is 0 Å². The molecule has 0 radical (unpaired) electrons. The lowest BCUT2D eigenvalue weighted by atomic mass is 10.1. The van der Waals surface area contributed by atoms with E-state index >= 15 is 0 Å². The third kappa shape index (κ3) is 3.56. The number of furan rings is 1. The summed E-state index contributed by atoms with van der Waals surface area (Å²) in [6, 6.07) is 13.6. The molecule has 0 unspecified atom stereocenters. The summed E-state index contributed by atoms with van der Waals surface area (Å²) in [7, 11) is 0. The second-order valence-corrected chi connectivity index (χ2v) is 5.79. The summed E-state index contributed by atoms with van der Waals surface area (Å²) in [5.41, 5.74) is 3.93. The second-order valence-electron chi connectivity index (χ2n) is 5.79. The lowest BCUT2D eigenvalue weighted by Gasteiger charge is -2.07. The zero-order chi connectivity index (χ0) is 16.9. The van der Waals surface area contributed by atoms with Crippen LogP contribution < -0.4 is 5.32 Å². The Kier molecular flexibility index (Phi) is 4.79. The van der Waals surface area contributed by atoms with Crippen LogP contribution in [-0.2, 0) is 6.54 Å². The molecule has 0 aliphatic rings. The molecule has 1 aromatic carbocycles. The first kappa shape index (κ1) is 16.1. The lowest BCUT2D eigenvalue weighted by Crippen LogP contribution is -2.25. The van der Waals surface area contributed by atoms with Crippen molar-refractivity contribution in [2.24, 2.45) is 0 Å². The molecule has 3 rings (SSSR count). The summed E-state index contributed by atoms with van der Waals surface area (Å²) in [5, 5.41) is 7.33. The molecule has 0 saturated heterocycles. The Morgan fingerprint density at radius 2 is 2.00 bits per heavy atom. The monoisotopic (exact) mass is 323 g/mol. The van der Waals surface area contributed by atoms with Crippen molar-refractivity contribution in [3.05, 3.63) is 65.9 Å². The molecule has 24 heavy (non-hydrogen) atoms. The number of amides is 1. The van der Waals surface area contributed by atoms with Crippen LogP contribution in [0.25, 0.3) is 11.1 Å². The van der Waals surface area contributed by atoms with Gasteiger partial charge in [0.1, 0.15) is 0 Å². The predicted molar refractivity (Wildman–Crippen MR) is 92.8 cm³/mol. The number of hydrogen-bond acceptors (Lipinski definition) is 3. The van der Waals surface area contributed by atoms with E-state index < -0.39 is 0 Å². The van der Waals surface area contributed by atoms with Crippen molar-refractivity contribution in [1.29, 1.82) is 0 Å². The zero-order valence-corrected chi connectivity index (χ0v) is 14.0. The first-order chi connectivity index (χ1) is 11.6. The maximum absolute atomic E-state index is 12.4. The smallest absolute Gasteiger partial charge is 0.287 e. The number of benzene rings is 1. The standard InChI is InChI=1S/C19H21N3O2/c1-14-13-15(2)22(21-14)11-6-10-20-19(23)18-17(9-12-24-18)16-7-4-3-5-8-16/h3-5,7-9,12-13H,6,10-11H2,1-2H3,(H,20,23). The van der Waals surface area contributed by atoms with Gasteiger partial charge >= 0.3 is 0 Å². The summed E-state index contributed by atoms with van der Waals surface area (Å²) in [4.78, 5) is 12.4. The maximum atomic E-state index is 12.4. The van der Waals surface area contributed by atoms with Crippen LogP contribution in [0.3, 0.4) is 0 Å². The number of aryl methyl sites for hydroxylation is 3. The summed E-state index contributed by atoms with van der Waals surface area (Å²) in [5.74, 6) is 0.166. The highest BCUT2D eigenvalue weighted by Gasteiger charge is 2.16. The van der Waals surface area contributed by atoms with Gasteiger partial charge in [0.25, 0.3) is 5.91 Å². The van der Waals surface area contributed by atoms with E-state index in [0.29, 0.717) is 12.3 Å². The molecule has 0 aliphatic carbocycles. The topological polar surface area (TPSA) is 60.1 Å². The molecular weight excluding hydrogens is 302 g/mol. The fourth-order valence-electron chi connectivity index (χ4n) is 2.74. The number of carbonyl (C=O) groups is 1. The minimum absolute atomic E-state index is 0.188. The van der Waals surface area contributed by atoms with E-state index in [2.05, 4.69) is 10.4 Å². The average Bonchev–Trinajstić information content (AvgIpc) is 3.19. The van der Waals surface area contributed by atoms with Gasteiger partial charge < -0.3 is 9.73 Å². The molecule has 0 spiro atoms. The number of rotatable bonds is 6. The third-order valence-electron chi connectivity index (χ3n) is 3.89. The minimum atomic E-state index is -0.188. The highest BCUT2D eigenvalue weighted by atomic mass is 16.3. The van der Waals surface area contributed by atoms with Crippen molar-refractivity contribution in [3.63, 3.8) is 0 Å². The number of nitrogens with zero attached hydrogens (tertiary/aromatic N) is 2. The lowest BCUT2D eigenvalue weighted by molar-refractivity contribution is 0.0926. The molecule has 0 bridgehead atoms.